The lowest BCUT2D eigenvalue weighted by molar-refractivity contribution is -0.119. The Morgan fingerprint density at radius 2 is 1.96 bits per heavy atom. The first-order valence-electron chi connectivity index (χ1n) is 9.25. The molecular weight excluding hydrogens is 332 g/mol. The Bertz CT molecular complexity index is 813. The summed E-state index contributed by atoms with van der Waals surface area (Å²) in [4.78, 5) is 17.8. The number of ether oxygens (including phenoxy) is 1. The molecule has 5 heteroatoms. The van der Waals surface area contributed by atoms with E-state index in [2.05, 4.69) is 35.5 Å². The number of fused-ring (bicyclic) bond motifs is 1. The van der Waals surface area contributed by atoms with Gasteiger partial charge in [-0.15, -0.1) is 0 Å². The van der Waals surface area contributed by atoms with E-state index in [4.69, 9.17) is 4.74 Å². The van der Waals surface area contributed by atoms with Gasteiger partial charge in [0.05, 0.1) is 16.8 Å². The summed E-state index contributed by atoms with van der Waals surface area (Å²) in [5.41, 5.74) is 3.68. The molecule has 136 valence electrons. The summed E-state index contributed by atoms with van der Waals surface area (Å²) in [6.07, 6.45) is 6.77. The fraction of sp³-hybridized carbons (Fsp3) is 0.600. The summed E-state index contributed by atoms with van der Waals surface area (Å²) in [5, 5.41) is 0. The minimum absolute atomic E-state index is 0.0260. The Hall–Kier alpha value is -1.46. The Morgan fingerprint density at radius 1 is 1.24 bits per heavy atom. The lowest BCUT2D eigenvalue weighted by Crippen LogP contribution is -2.20. The van der Waals surface area contributed by atoms with Crippen molar-refractivity contribution >= 4 is 27.5 Å². The number of methoxy groups -OCH3 is 1. The average Bonchev–Trinajstić information content (AvgIpc) is 2.90. The summed E-state index contributed by atoms with van der Waals surface area (Å²) < 4.78 is 8.57. The first kappa shape index (κ1) is 18.3. The number of aryl methyl sites for hydroxylation is 2. The predicted octanol–water partition coefficient (Wildman–Crippen LogP) is 4.36. The maximum Gasteiger partial charge on any atom is 0.248 e. The molecule has 1 amide bonds. The van der Waals surface area contributed by atoms with Crippen molar-refractivity contribution in [3.8, 4) is 0 Å². The van der Waals surface area contributed by atoms with E-state index in [-0.39, 0.29) is 5.91 Å². The Morgan fingerprint density at radius 3 is 2.68 bits per heavy atom. The van der Waals surface area contributed by atoms with Crippen molar-refractivity contribution in [3.05, 3.63) is 28.1 Å². The van der Waals surface area contributed by atoms with Crippen LogP contribution in [0.25, 0.3) is 10.2 Å². The normalized spacial score (nSPS) is 16.7. The number of rotatable bonds is 5. The van der Waals surface area contributed by atoms with Gasteiger partial charge in [-0.2, -0.15) is 4.99 Å². The van der Waals surface area contributed by atoms with Crippen LogP contribution in [0.3, 0.4) is 0 Å². The number of benzene rings is 1. The molecule has 1 saturated carbocycles. The Kier molecular flexibility index (Phi) is 6.07. The van der Waals surface area contributed by atoms with E-state index in [0.29, 0.717) is 25.5 Å². The first-order valence-corrected chi connectivity index (χ1v) is 10.1. The van der Waals surface area contributed by atoms with E-state index in [0.717, 1.165) is 10.3 Å². The van der Waals surface area contributed by atoms with Gasteiger partial charge in [-0.25, -0.2) is 0 Å². The van der Waals surface area contributed by atoms with Crippen molar-refractivity contribution in [1.29, 1.82) is 0 Å². The first-order chi connectivity index (χ1) is 12.1. The molecule has 0 N–H and O–H groups in total. The predicted molar refractivity (Wildman–Crippen MR) is 103 cm³/mol. The number of hydrogen-bond donors (Lipinski definition) is 0. The summed E-state index contributed by atoms with van der Waals surface area (Å²) in [5.74, 6) is 0.550. The number of aromatic nitrogens is 1. The minimum Gasteiger partial charge on any atom is -0.383 e. The summed E-state index contributed by atoms with van der Waals surface area (Å²) >= 11 is 1.61. The van der Waals surface area contributed by atoms with Crippen LogP contribution in [0.4, 0.5) is 0 Å². The molecule has 4 nitrogen and oxygen atoms in total. The van der Waals surface area contributed by atoms with Crippen LogP contribution < -0.4 is 4.80 Å². The minimum atomic E-state index is 0.0260. The molecule has 2 aromatic rings. The number of nitrogens with zero attached hydrogens (tertiary/aromatic N) is 2. The Balaban J connectivity index is 1.93. The maximum atomic E-state index is 12.5. The van der Waals surface area contributed by atoms with Crippen molar-refractivity contribution in [1.82, 2.24) is 4.57 Å². The largest absolute Gasteiger partial charge is 0.383 e. The van der Waals surface area contributed by atoms with Gasteiger partial charge in [-0.05, 0) is 55.9 Å². The smallest absolute Gasteiger partial charge is 0.248 e. The highest BCUT2D eigenvalue weighted by Gasteiger charge is 2.17. The van der Waals surface area contributed by atoms with Crippen molar-refractivity contribution in [2.75, 3.05) is 13.7 Å². The molecule has 0 radical (unpaired) electrons. The van der Waals surface area contributed by atoms with E-state index in [9.17, 15) is 4.79 Å². The maximum absolute atomic E-state index is 12.5. The van der Waals surface area contributed by atoms with Crippen molar-refractivity contribution < 1.29 is 9.53 Å². The van der Waals surface area contributed by atoms with Gasteiger partial charge >= 0.3 is 0 Å². The van der Waals surface area contributed by atoms with Crippen molar-refractivity contribution in [3.63, 3.8) is 0 Å². The summed E-state index contributed by atoms with van der Waals surface area (Å²) in [6.45, 7) is 5.58. The third-order valence-electron chi connectivity index (χ3n) is 5.23. The highest BCUT2D eigenvalue weighted by Crippen LogP contribution is 2.26. The third-order valence-corrected chi connectivity index (χ3v) is 6.27. The van der Waals surface area contributed by atoms with Gasteiger partial charge in [-0.1, -0.05) is 30.6 Å². The lowest BCUT2D eigenvalue weighted by atomic mass is 9.87. The highest BCUT2D eigenvalue weighted by atomic mass is 32.1. The average molecular weight is 361 g/mol. The van der Waals surface area contributed by atoms with Crippen LogP contribution in [-0.4, -0.2) is 24.2 Å². The number of carbonyl (C=O) groups excluding carboxylic acids is 1. The van der Waals surface area contributed by atoms with Crippen LogP contribution in [0.1, 0.15) is 49.7 Å². The Labute approximate surface area is 153 Å². The molecule has 25 heavy (non-hydrogen) atoms. The van der Waals surface area contributed by atoms with Crippen molar-refractivity contribution in [2.45, 2.75) is 58.9 Å². The molecule has 0 atom stereocenters. The molecule has 1 aromatic carbocycles. The van der Waals surface area contributed by atoms with E-state index < -0.39 is 0 Å². The monoisotopic (exact) mass is 360 g/mol. The van der Waals surface area contributed by atoms with Crippen LogP contribution in [0, 0.1) is 19.8 Å². The van der Waals surface area contributed by atoms with Crippen LogP contribution in [-0.2, 0) is 16.1 Å². The van der Waals surface area contributed by atoms with Gasteiger partial charge in [-0.3, -0.25) is 4.79 Å². The second-order valence-corrected chi connectivity index (χ2v) is 8.16. The molecule has 1 aliphatic carbocycles. The van der Waals surface area contributed by atoms with E-state index in [1.807, 2.05) is 0 Å². The molecule has 1 heterocycles. The SMILES string of the molecule is COCCn1c(=NC(=O)CC2CCCCC2)sc2cc(C)c(C)cc21. The second-order valence-electron chi connectivity index (χ2n) is 7.15. The molecular formula is C20H28N2O2S. The van der Waals surface area contributed by atoms with E-state index in [1.54, 1.807) is 18.4 Å². The molecule has 0 spiro atoms. The number of carbonyl (C=O) groups is 1. The zero-order chi connectivity index (χ0) is 17.8. The van der Waals surface area contributed by atoms with Gasteiger partial charge in [0.2, 0.25) is 5.91 Å². The molecule has 0 saturated heterocycles. The standard InChI is InChI=1S/C20H28N2O2S/c1-14-11-17-18(12-15(14)2)25-20(22(17)9-10-24-3)21-19(23)13-16-7-5-4-6-8-16/h11-12,16H,4-10,13H2,1-3H3. The number of hydrogen-bond acceptors (Lipinski definition) is 3. The third kappa shape index (κ3) is 4.39. The second kappa shape index (κ2) is 8.28. The van der Waals surface area contributed by atoms with Crippen LogP contribution in [0.2, 0.25) is 0 Å². The fourth-order valence-corrected chi connectivity index (χ4v) is 4.75. The molecule has 0 aliphatic heterocycles. The van der Waals surface area contributed by atoms with Crippen LogP contribution >= 0.6 is 11.3 Å². The van der Waals surface area contributed by atoms with Crippen molar-refractivity contribution in [2.24, 2.45) is 10.9 Å². The fourth-order valence-electron chi connectivity index (χ4n) is 3.60. The zero-order valence-corrected chi connectivity index (χ0v) is 16.3. The van der Waals surface area contributed by atoms with Crippen LogP contribution in [0.15, 0.2) is 17.1 Å². The summed E-state index contributed by atoms with van der Waals surface area (Å²) in [7, 11) is 1.70. The van der Waals surface area contributed by atoms with Crippen LogP contribution in [0.5, 0.6) is 0 Å². The van der Waals surface area contributed by atoms with Gasteiger partial charge in [0.25, 0.3) is 0 Å². The molecule has 0 bridgehead atoms. The molecule has 0 unspecified atom stereocenters. The molecule has 1 aliphatic rings. The number of amides is 1. The van der Waals surface area contributed by atoms with Gasteiger partial charge < -0.3 is 9.30 Å². The van der Waals surface area contributed by atoms with Gasteiger partial charge in [0, 0.05) is 20.1 Å². The van der Waals surface area contributed by atoms with Gasteiger partial charge in [0.1, 0.15) is 0 Å². The quantitative estimate of drug-likeness (QED) is 0.795. The lowest BCUT2D eigenvalue weighted by Gasteiger charge is -2.19. The summed E-state index contributed by atoms with van der Waals surface area (Å²) in [6, 6.07) is 4.39. The molecule has 1 aromatic heterocycles. The zero-order valence-electron chi connectivity index (χ0n) is 15.5. The topological polar surface area (TPSA) is 43.6 Å². The van der Waals surface area contributed by atoms with Gasteiger partial charge in [0.15, 0.2) is 4.80 Å². The molecule has 1 fully saturated rings. The van der Waals surface area contributed by atoms with E-state index >= 15 is 0 Å². The highest BCUT2D eigenvalue weighted by molar-refractivity contribution is 7.16. The number of thiazole rings is 1. The van der Waals surface area contributed by atoms with E-state index in [1.165, 1.54) is 47.9 Å². The molecule has 3 rings (SSSR count).